The molecule has 2 aromatic rings. The Hall–Kier alpha value is -2.54. The van der Waals surface area contributed by atoms with Crippen LogP contribution in [0.3, 0.4) is 0 Å². The SMILES string of the molecule is CNCC(=O)N1CCCC(c2cncc(Oc3ccccc3F)n2)C1. The molecule has 25 heavy (non-hydrogen) atoms. The summed E-state index contributed by atoms with van der Waals surface area (Å²) < 4.78 is 19.2. The number of carbonyl (C=O) groups excluding carboxylic acids is 1. The zero-order chi connectivity index (χ0) is 17.6. The third-order valence-electron chi connectivity index (χ3n) is 4.20. The first kappa shape index (κ1) is 17.3. The van der Waals surface area contributed by atoms with E-state index < -0.39 is 5.82 Å². The van der Waals surface area contributed by atoms with Crippen LogP contribution in [0.25, 0.3) is 0 Å². The van der Waals surface area contributed by atoms with Crippen molar-refractivity contribution in [3.8, 4) is 11.6 Å². The highest BCUT2D eigenvalue weighted by Crippen LogP contribution is 2.28. The van der Waals surface area contributed by atoms with E-state index in [1.54, 1.807) is 31.4 Å². The smallest absolute Gasteiger partial charge is 0.238 e. The van der Waals surface area contributed by atoms with Gasteiger partial charge in [-0.25, -0.2) is 9.37 Å². The number of aromatic nitrogens is 2. The molecule has 1 aliphatic rings. The lowest BCUT2D eigenvalue weighted by Crippen LogP contribution is -2.43. The summed E-state index contributed by atoms with van der Waals surface area (Å²) in [6.45, 7) is 1.70. The van der Waals surface area contributed by atoms with E-state index in [4.69, 9.17) is 4.74 Å². The van der Waals surface area contributed by atoms with Gasteiger partial charge in [-0.2, -0.15) is 0 Å². The van der Waals surface area contributed by atoms with Crippen LogP contribution in [0.2, 0.25) is 0 Å². The summed E-state index contributed by atoms with van der Waals surface area (Å²) in [6.07, 6.45) is 5.00. The van der Waals surface area contributed by atoms with E-state index >= 15 is 0 Å². The van der Waals surface area contributed by atoms with E-state index in [9.17, 15) is 9.18 Å². The van der Waals surface area contributed by atoms with Gasteiger partial charge >= 0.3 is 0 Å². The predicted octanol–water partition coefficient (Wildman–Crippen LogP) is 2.33. The van der Waals surface area contributed by atoms with E-state index in [0.717, 1.165) is 25.1 Å². The van der Waals surface area contributed by atoms with Gasteiger partial charge in [0.2, 0.25) is 11.8 Å². The van der Waals surface area contributed by atoms with Gasteiger partial charge in [0, 0.05) is 25.2 Å². The number of carbonyl (C=O) groups is 1. The lowest BCUT2D eigenvalue weighted by atomic mass is 9.95. The number of nitrogens with zero attached hydrogens (tertiary/aromatic N) is 3. The standard InChI is InChI=1S/C18H21FN4O2/c1-20-11-18(24)23-8-4-5-13(12-23)15-9-21-10-17(22-15)25-16-7-3-2-6-14(16)19/h2-3,6-7,9-10,13,20H,4-5,8,11-12H2,1H3. The number of ether oxygens (including phenoxy) is 1. The van der Waals surface area contributed by atoms with Gasteiger partial charge in [0.05, 0.1) is 18.4 Å². The molecule has 132 valence electrons. The Morgan fingerprint density at radius 1 is 1.40 bits per heavy atom. The number of likely N-dealkylation sites (N-methyl/N-ethyl adjacent to an activating group) is 1. The first-order valence-corrected chi connectivity index (χ1v) is 8.34. The van der Waals surface area contributed by atoms with Crippen molar-refractivity contribution >= 4 is 5.91 Å². The molecule has 7 heteroatoms. The number of rotatable bonds is 5. The third kappa shape index (κ3) is 4.30. The molecule has 2 heterocycles. The van der Waals surface area contributed by atoms with Crippen LogP contribution in [-0.4, -0.2) is 47.5 Å². The minimum absolute atomic E-state index is 0.0823. The quantitative estimate of drug-likeness (QED) is 0.902. The lowest BCUT2D eigenvalue weighted by Gasteiger charge is -2.32. The molecule has 1 N–H and O–H groups in total. The molecule has 0 bridgehead atoms. The van der Waals surface area contributed by atoms with Crippen LogP contribution in [0.5, 0.6) is 11.6 Å². The molecular formula is C18H21FN4O2. The van der Waals surface area contributed by atoms with E-state index in [1.807, 2.05) is 4.90 Å². The zero-order valence-corrected chi connectivity index (χ0v) is 14.1. The fraction of sp³-hybridized carbons (Fsp3) is 0.389. The molecule has 0 spiro atoms. The molecule has 1 atom stereocenters. The Morgan fingerprint density at radius 3 is 3.04 bits per heavy atom. The van der Waals surface area contributed by atoms with Crippen molar-refractivity contribution in [2.45, 2.75) is 18.8 Å². The topological polar surface area (TPSA) is 67.4 Å². The summed E-state index contributed by atoms with van der Waals surface area (Å²) in [5.41, 5.74) is 0.760. The first-order chi connectivity index (χ1) is 12.2. The minimum atomic E-state index is -0.448. The summed E-state index contributed by atoms with van der Waals surface area (Å²) in [5.74, 6) is 0.103. The van der Waals surface area contributed by atoms with E-state index in [1.165, 1.54) is 12.3 Å². The molecule has 1 unspecified atom stereocenters. The average molecular weight is 344 g/mol. The number of likely N-dealkylation sites (tertiary alicyclic amines) is 1. The van der Waals surface area contributed by atoms with Crippen molar-refractivity contribution in [3.05, 3.63) is 48.2 Å². The van der Waals surface area contributed by atoms with Crippen LogP contribution in [0.1, 0.15) is 24.5 Å². The van der Waals surface area contributed by atoms with Crippen molar-refractivity contribution in [3.63, 3.8) is 0 Å². The highest BCUT2D eigenvalue weighted by molar-refractivity contribution is 5.78. The highest BCUT2D eigenvalue weighted by Gasteiger charge is 2.25. The molecule has 1 aromatic heterocycles. The summed E-state index contributed by atoms with van der Waals surface area (Å²) >= 11 is 0. The number of nitrogens with one attached hydrogen (secondary N) is 1. The van der Waals surface area contributed by atoms with Gasteiger partial charge in [-0.3, -0.25) is 9.78 Å². The Balaban J connectivity index is 1.72. The third-order valence-corrected chi connectivity index (χ3v) is 4.20. The Kier molecular flexibility index (Phi) is 5.55. The van der Waals surface area contributed by atoms with Crippen molar-refractivity contribution in [2.75, 3.05) is 26.7 Å². The van der Waals surface area contributed by atoms with Crippen molar-refractivity contribution in [1.82, 2.24) is 20.2 Å². The summed E-state index contributed by atoms with van der Waals surface area (Å²) in [6, 6.07) is 6.17. The minimum Gasteiger partial charge on any atom is -0.434 e. The maximum absolute atomic E-state index is 13.7. The number of amides is 1. The van der Waals surface area contributed by atoms with Crippen LogP contribution in [-0.2, 0) is 4.79 Å². The molecule has 1 aliphatic heterocycles. The van der Waals surface area contributed by atoms with E-state index in [0.29, 0.717) is 13.1 Å². The Bertz CT molecular complexity index is 741. The monoisotopic (exact) mass is 344 g/mol. The molecule has 0 radical (unpaired) electrons. The van der Waals surface area contributed by atoms with Crippen LogP contribution in [0.4, 0.5) is 4.39 Å². The summed E-state index contributed by atoms with van der Waals surface area (Å²) in [4.78, 5) is 22.6. The number of piperidine rings is 1. The van der Waals surface area contributed by atoms with Crippen molar-refractivity contribution in [1.29, 1.82) is 0 Å². The molecule has 1 saturated heterocycles. The molecule has 1 aromatic carbocycles. The second-order valence-corrected chi connectivity index (χ2v) is 6.02. The van der Waals surface area contributed by atoms with Crippen LogP contribution in [0, 0.1) is 5.82 Å². The number of halogens is 1. The molecule has 1 amide bonds. The fourth-order valence-electron chi connectivity index (χ4n) is 2.96. The van der Waals surface area contributed by atoms with Crippen LogP contribution >= 0.6 is 0 Å². The van der Waals surface area contributed by atoms with Crippen LogP contribution in [0.15, 0.2) is 36.7 Å². The summed E-state index contributed by atoms with van der Waals surface area (Å²) in [5, 5.41) is 2.89. The van der Waals surface area contributed by atoms with E-state index in [-0.39, 0.29) is 23.5 Å². The molecule has 0 saturated carbocycles. The average Bonchev–Trinajstić information content (AvgIpc) is 2.64. The zero-order valence-electron chi connectivity index (χ0n) is 14.1. The summed E-state index contributed by atoms with van der Waals surface area (Å²) in [7, 11) is 1.76. The molecular weight excluding hydrogens is 323 g/mol. The van der Waals surface area contributed by atoms with E-state index in [2.05, 4.69) is 15.3 Å². The highest BCUT2D eigenvalue weighted by atomic mass is 19.1. The second-order valence-electron chi connectivity index (χ2n) is 6.02. The van der Waals surface area contributed by atoms with Gasteiger partial charge in [0.25, 0.3) is 0 Å². The molecule has 3 rings (SSSR count). The largest absolute Gasteiger partial charge is 0.434 e. The number of hydrogen-bond donors (Lipinski definition) is 1. The number of benzene rings is 1. The maximum atomic E-state index is 13.7. The van der Waals surface area contributed by atoms with Crippen molar-refractivity contribution in [2.24, 2.45) is 0 Å². The Morgan fingerprint density at radius 2 is 2.24 bits per heavy atom. The lowest BCUT2D eigenvalue weighted by molar-refractivity contribution is -0.131. The predicted molar refractivity (Wildman–Crippen MR) is 91.0 cm³/mol. The number of para-hydroxylation sites is 1. The second kappa shape index (κ2) is 8.02. The molecule has 0 aliphatic carbocycles. The maximum Gasteiger partial charge on any atom is 0.238 e. The first-order valence-electron chi connectivity index (χ1n) is 8.34. The normalized spacial score (nSPS) is 17.4. The van der Waals surface area contributed by atoms with Crippen LogP contribution < -0.4 is 10.1 Å². The van der Waals surface area contributed by atoms with Gasteiger partial charge in [-0.15, -0.1) is 0 Å². The van der Waals surface area contributed by atoms with Gasteiger partial charge in [0.15, 0.2) is 11.6 Å². The Labute approximate surface area is 146 Å². The van der Waals surface area contributed by atoms with Gasteiger partial charge in [-0.05, 0) is 32.0 Å². The fourth-order valence-corrected chi connectivity index (χ4v) is 2.96. The number of hydrogen-bond acceptors (Lipinski definition) is 5. The molecule has 1 fully saturated rings. The van der Waals surface area contributed by atoms with Gasteiger partial charge in [-0.1, -0.05) is 12.1 Å². The molecule has 6 nitrogen and oxygen atoms in total. The van der Waals surface area contributed by atoms with Gasteiger partial charge in [0.1, 0.15) is 0 Å². The van der Waals surface area contributed by atoms with Crippen molar-refractivity contribution < 1.29 is 13.9 Å². The van der Waals surface area contributed by atoms with Gasteiger partial charge < -0.3 is 15.0 Å².